The van der Waals surface area contributed by atoms with Gasteiger partial charge < -0.3 is 10.3 Å². The van der Waals surface area contributed by atoms with Crippen molar-refractivity contribution in [1.29, 1.82) is 0 Å². The second-order valence-corrected chi connectivity index (χ2v) is 5.65. The van der Waals surface area contributed by atoms with Gasteiger partial charge in [-0.25, -0.2) is 4.68 Å². The number of aromatic amines is 1. The summed E-state index contributed by atoms with van der Waals surface area (Å²) >= 11 is 0. The van der Waals surface area contributed by atoms with Gasteiger partial charge in [-0.3, -0.25) is 9.59 Å². The van der Waals surface area contributed by atoms with Crippen LogP contribution in [-0.2, 0) is 0 Å². The van der Waals surface area contributed by atoms with E-state index in [-0.39, 0.29) is 11.5 Å². The highest BCUT2D eigenvalue weighted by atomic mass is 16.1. The van der Waals surface area contributed by atoms with E-state index in [0.717, 1.165) is 18.4 Å². The van der Waals surface area contributed by atoms with Crippen LogP contribution in [0.15, 0.2) is 47.4 Å². The molecule has 0 saturated heterocycles. The predicted molar refractivity (Wildman–Crippen MR) is 86.5 cm³/mol. The lowest BCUT2D eigenvalue weighted by molar-refractivity contribution is 0.102. The van der Waals surface area contributed by atoms with Crippen molar-refractivity contribution in [2.45, 2.75) is 18.9 Å². The van der Waals surface area contributed by atoms with Gasteiger partial charge in [0.25, 0.3) is 5.91 Å². The van der Waals surface area contributed by atoms with E-state index in [9.17, 15) is 9.59 Å². The summed E-state index contributed by atoms with van der Waals surface area (Å²) in [6, 6.07) is 10.5. The first kappa shape index (κ1) is 14.3. The summed E-state index contributed by atoms with van der Waals surface area (Å²) in [6.45, 7) is 0. The van der Waals surface area contributed by atoms with Crippen LogP contribution in [-0.4, -0.2) is 31.1 Å². The molecule has 2 heterocycles. The average molecular weight is 322 g/mol. The minimum absolute atomic E-state index is 0.250. The molecule has 8 heteroatoms. The van der Waals surface area contributed by atoms with Crippen LogP contribution in [0, 0.1) is 0 Å². The lowest BCUT2D eigenvalue weighted by Gasteiger charge is -2.07. The zero-order chi connectivity index (χ0) is 16.5. The quantitative estimate of drug-likeness (QED) is 0.759. The van der Waals surface area contributed by atoms with Crippen molar-refractivity contribution < 1.29 is 4.79 Å². The van der Waals surface area contributed by atoms with Gasteiger partial charge in [-0.2, -0.15) is 0 Å². The van der Waals surface area contributed by atoms with E-state index >= 15 is 0 Å². The number of hydrogen-bond acceptors (Lipinski definition) is 5. The normalized spacial score (nSPS) is 13.7. The first-order valence-corrected chi connectivity index (χ1v) is 7.59. The lowest BCUT2D eigenvalue weighted by atomic mass is 10.1. The molecule has 1 amide bonds. The Balaban J connectivity index is 1.58. The number of pyridine rings is 1. The van der Waals surface area contributed by atoms with Crippen LogP contribution in [0.1, 0.15) is 29.2 Å². The van der Waals surface area contributed by atoms with Crippen LogP contribution in [0.2, 0.25) is 0 Å². The Hall–Kier alpha value is -3.29. The number of rotatable bonds is 4. The molecular weight excluding hydrogens is 308 g/mol. The number of tetrazole rings is 1. The number of benzene rings is 1. The Morgan fingerprint density at radius 2 is 2.12 bits per heavy atom. The second kappa shape index (κ2) is 5.73. The van der Waals surface area contributed by atoms with Crippen molar-refractivity contribution in [2.24, 2.45) is 0 Å². The molecule has 8 nitrogen and oxygen atoms in total. The fourth-order valence-corrected chi connectivity index (χ4v) is 2.44. The fourth-order valence-electron chi connectivity index (χ4n) is 2.44. The Bertz CT molecular complexity index is 936. The number of anilines is 1. The average Bonchev–Trinajstić information content (AvgIpc) is 3.32. The molecule has 2 aromatic heterocycles. The van der Waals surface area contributed by atoms with Gasteiger partial charge in [-0.15, -0.1) is 5.10 Å². The van der Waals surface area contributed by atoms with Gasteiger partial charge in [0.05, 0.1) is 11.6 Å². The van der Waals surface area contributed by atoms with Gasteiger partial charge in [-0.05, 0) is 41.5 Å². The molecule has 4 rings (SSSR count). The third kappa shape index (κ3) is 2.81. The van der Waals surface area contributed by atoms with Crippen molar-refractivity contribution in [1.82, 2.24) is 25.2 Å². The number of aromatic nitrogens is 5. The van der Waals surface area contributed by atoms with E-state index in [1.807, 2.05) is 22.9 Å². The minimum atomic E-state index is -0.301. The van der Waals surface area contributed by atoms with Crippen LogP contribution < -0.4 is 10.9 Å². The maximum Gasteiger partial charge on any atom is 0.257 e. The SMILES string of the molecule is O=C(Nc1cccc(-c2nnnn2C2CC2)c1)c1ccc(=O)[nH]c1. The zero-order valence-electron chi connectivity index (χ0n) is 12.6. The van der Waals surface area contributed by atoms with E-state index in [0.29, 0.717) is 23.1 Å². The van der Waals surface area contributed by atoms with Crippen molar-refractivity contribution in [3.63, 3.8) is 0 Å². The highest BCUT2D eigenvalue weighted by molar-refractivity contribution is 6.04. The predicted octanol–water partition coefficient (Wildman–Crippen LogP) is 1.62. The molecule has 1 aliphatic carbocycles. The maximum absolute atomic E-state index is 12.2. The number of carbonyl (C=O) groups is 1. The van der Waals surface area contributed by atoms with Crippen molar-refractivity contribution in [2.75, 3.05) is 5.32 Å². The molecule has 3 aromatic rings. The summed E-state index contributed by atoms with van der Waals surface area (Å²) in [5.41, 5.74) is 1.60. The zero-order valence-corrected chi connectivity index (χ0v) is 12.6. The molecule has 0 unspecified atom stereocenters. The molecule has 0 radical (unpaired) electrons. The second-order valence-electron chi connectivity index (χ2n) is 5.65. The summed E-state index contributed by atoms with van der Waals surface area (Å²) in [4.78, 5) is 25.8. The lowest BCUT2D eigenvalue weighted by Crippen LogP contribution is -2.14. The van der Waals surface area contributed by atoms with Crippen LogP contribution >= 0.6 is 0 Å². The summed E-state index contributed by atoms with van der Waals surface area (Å²) in [5, 5.41) is 14.7. The van der Waals surface area contributed by atoms with E-state index in [1.165, 1.54) is 18.3 Å². The van der Waals surface area contributed by atoms with Crippen molar-refractivity contribution in [3.8, 4) is 11.4 Å². The number of nitrogens with zero attached hydrogens (tertiary/aromatic N) is 4. The molecule has 0 aliphatic heterocycles. The number of nitrogens with one attached hydrogen (secondary N) is 2. The van der Waals surface area contributed by atoms with E-state index in [4.69, 9.17) is 0 Å². The van der Waals surface area contributed by atoms with Crippen molar-refractivity contribution in [3.05, 3.63) is 58.5 Å². The maximum atomic E-state index is 12.2. The first-order chi connectivity index (χ1) is 11.7. The monoisotopic (exact) mass is 322 g/mol. The molecule has 1 aromatic carbocycles. The van der Waals surface area contributed by atoms with E-state index in [1.54, 1.807) is 6.07 Å². The molecule has 1 aliphatic rings. The molecule has 0 spiro atoms. The highest BCUT2D eigenvalue weighted by Crippen LogP contribution is 2.36. The Labute approximate surface area is 136 Å². The molecular formula is C16H14N6O2. The Morgan fingerprint density at radius 3 is 2.88 bits per heavy atom. The third-order valence-electron chi connectivity index (χ3n) is 3.81. The molecule has 0 atom stereocenters. The molecule has 120 valence electrons. The summed E-state index contributed by atoms with van der Waals surface area (Å²) < 4.78 is 1.82. The number of amides is 1. The smallest absolute Gasteiger partial charge is 0.257 e. The summed E-state index contributed by atoms with van der Waals surface area (Å²) in [6.07, 6.45) is 3.55. The van der Waals surface area contributed by atoms with Crippen molar-refractivity contribution >= 4 is 11.6 Å². The highest BCUT2D eigenvalue weighted by Gasteiger charge is 2.28. The van der Waals surface area contributed by atoms with Crippen LogP contribution in [0.5, 0.6) is 0 Å². The molecule has 1 saturated carbocycles. The fraction of sp³-hybridized carbons (Fsp3) is 0.188. The molecule has 2 N–H and O–H groups in total. The summed E-state index contributed by atoms with van der Waals surface area (Å²) in [5.74, 6) is 0.392. The number of carbonyl (C=O) groups excluding carboxylic acids is 1. The van der Waals surface area contributed by atoms with Crippen LogP contribution in [0.25, 0.3) is 11.4 Å². The van der Waals surface area contributed by atoms with Gasteiger partial charge in [0, 0.05) is 23.5 Å². The molecule has 1 fully saturated rings. The van der Waals surface area contributed by atoms with Crippen LogP contribution in [0.4, 0.5) is 5.69 Å². The van der Waals surface area contributed by atoms with E-state index in [2.05, 4.69) is 25.8 Å². The Kier molecular flexibility index (Phi) is 3.42. The van der Waals surface area contributed by atoms with Gasteiger partial charge in [0.15, 0.2) is 5.82 Å². The van der Waals surface area contributed by atoms with Crippen LogP contribution in [0.3, 0.4) is 0 Å². The van der Waals surface area contributed by atoms with Gasteiger partial charge in [0.1, 0.15) is 0 Å². The van der Waals surface area contributed by atoms with Gasteiger partial charge in [0.2, 0.25) is 5.56 Å². The third-order valence-corrected chi connectivity index (χ3v) is 3.81. The van der Waals surface area contributed by atoms with Gasteiger partial charge >= 0.3 is 0 Å². The molecule has 24 heavy (non-hydrogen) atoms. The Morgan fingerprint density at radius 1 is 1.25 bits per heavy atom. The summed E-state index contributed by atoms with van der Waals surface area (Å²) in [7, 11) is 0. The standard InChI is InChI=1S/C16H14N6O2/c23-14-7-4-11(9-17-14)16(24)18-12-3-1-2-10(8-12)15-19-20-21-22(15)13-5-6-13/h1-4,7-9,13H,5-6H2,(H,17,23)(H,18,24). The number of hydrogen-bond donors (Lipinski definition) is 2. The first-order valence-electron chi connectivity index (χ1n) is 7.59. The molecule has 0 bridgehead atoms. The minimum Gasteiger partial charge on any atom is -0.328 e. The van der Waals surface area contributed by atoms with E-state index < -0.39 is 0 Å². The topological polar surface area (TPSA) is 106 Å². The van der Waals surface area contributed by atoms with Gasteiger partial charge in [-0.1, -0.05) is 12.1 Å². The largest absolute Gasteiger partial charge is 0.328 e. The number of H-pyrrole nitrogens is 1.